The molecule has 10 heteroatoms. The Morgan fingerprint density at radius 3 is 1.87 bits per heavy atom. The van der Waals surface area contributed by atoms with E-state index in [1.165, 1.54) is 89.9 Å². The second-order valence-corrected chi connectivity index (χ2v) is 9.81. The van der Waals surface area contributed by atoms with Crippen molar-refractivity contribution in [3.05, 3.63) is 29.7 Å². The Hall–Kier alpha value is -2.11. The zero-order valence-electron chi connectivity index (χ0n) is 24.0. The number of carbonyl (C=O) groups excluding carboxylic acids is 1. The van der Waals surface area contributed by atoms with E-state index in [1.807, 2.05) is 0 Å². The molecule has 1 aliphatic rings. The predicted octanol–water partition coefficient (Wildman–Crippen LogP) is 4.38. The van der Waals surface area contributed by atoms with Gasteiger partial charge in [0.2, 0.25) is 5.84 Å². The molecule has 1 heterocycles. The van der Waals surface area contributed by atoms with E-state index in [4.69, 9.17) is 9.47 Å². The predicted molar refractivity (Wildman–Crippen MR) is 143 cm³/mol. The van der Waals surface area contributed by atoms with Crippen molar-refractivity contribution in [2.45, 2.75) is 110 Å². The number of hydrogen-bond acceptors (Lipinski definition) is 5. The van der Waals surface area contributed by atoms with Crippen molar-refractivity contribution in [3.8, 4) is 11.5 Å². The molecular formula is C29H42F3LiN2O4. The molecule has 0 spiro atoms. The number of amidine groups is 1. The molecule has 0 unspecified atom stereocenters. The van der Waals surface area contributed by atoms with Crippen LogP contribution in [0, 0.1) is 6.92 Å². The summed E-state index contributed by atoms with van der Waals surface area (Å²) < 4.78 is 51.7. The Bertz CT molecular complexity index is 951. The molecule has 6 nitrogen and oxygen atoms in total. The zero-order valence-corrected chi connectivity index (χ0v) is 24.0. The molecular weight excluding hydrogens is 504 g/mol. The van der Waals surface area contributed by atoms with Gasteiger partial charge in [-0.2, -0.15) is 13.2 Å². The Kier molecular flexibility index (Phi) is 16.4. The standard InChI is InChI=1S/C29H43F3N2O4.Li/c1-4-5-6-7-8-9-10-11-12-13-14-15-16-17-18-38-25-20-26(37-3)24(19-22(25)2)34-27(36)23(21-35)33-28(34)29(30,31)32;/h19-21,35H,4-18H2,1-3H3;/q;+1/p-1/b23-21+;. The van der Waals surface area contributed by atoms with Crippen molar-refractivity contribution in [1.82, 2.24) is 0 Å². The number of rotatable bonds is 18. The summed E-state index contributed by atoms with van der Waals surface area (Å²) >= 11 is 0. The van der Waals surface area contributed by atoms with Crippen molar-refractivity contribution >= 4 is 17.4 Å². The number of unbranched alkanes of at least 4 members (excludes halogenated alkanes) is 13. The van der Waals surface area contributed by atoms with Gasteiger partial charge in [0.15, 0.2) is 0 Å². The molecule has 39 heavy (non-hydrogen) atoms. The topological polar surface area (TPSA) is 74.2 Å². The number of ether oxygens (including phenoxy) is 2. The summed E-state index contributed by atoms with van der Waals surface area (Å²) in [5.41, 5.74) is -0.415. The number of halogens is 3. The minimum absolute atomic E-state index is 0. The van der Waals surface area contributed by atoms with E-state index in [0.29, 0.717) is 22.8 Å². The third kappa shape index (κ3) is 11.1. The van der Waals surface area contributed by atoms with Gasteiger partial charge in [-0.05, 0) is 25.0 Å². The van der Waals surface area contributed by atoms with Gasteiger partial charge in [-0.1, -0.05) is 90.4 Å². The molecule has 1 aromatic rings. The molecule has 0 fully saturated rings. The molecule has 0 radical (unpaired) electrons. The minimum atomic E-state index is -4.93. The SMILES string of the molecule is CCCCCCCCCCCCCCCCOc1cc(OC)c(N2C(=O)/C(=C\[O-])N=C2C(F)(F)F)cc1C.[Li+]. The summed E-state index contributed by atoms with van der Waals surface area (Å²) in [6.45, 7) is 4.40. The number of aliphatic imine (C=N–C) groups is 1. The quantitative estimate of drug-likeness (QED) is 0.119. The van der Waals surface area contributed by atoms with Crippen LogP contribution in [0.4, 0.5) is 18.9 Å². The van der Waals surface area contributed by atoms with E-state index in [9.17, 15) is 23.1 Å². The smallest absolute Gasteiger partial charge is 0.876 e. The Morgan fingerprint density at radius 2 is 1.41 bits per heavy atom. The maximum absolute atomic E-state index is 13.5. The summed E-state index contributed by atoms with van der Waals surface area (Å²) in [7, 11) is 1.29. The number of carbonyl (C=O) groups is 1. The van der Waals surface area contributed by atoms with Crippen LogP contribution in [0.5, 0.6) is 11.5 Å². The molecule has 0 aromatic heterocycles. The van der Waals surface area contributed by atoms with Crippen molar-refractivity contribution < 1.29 is 51.4 Å². The van der Waals surface area contributed by atoms with Crippen LogP contribution in [-0.4, -0.2) is 31.6 Å². The molecule has 0 saturated carbocycles. The fourth-order valence-corrected chi connectivity index (χ4v) is 4.54. The van der Waals surface area contributed by atoms with E-state index < -0.39 is 23.6 Å². The van der Waals surface area contributed by atoms with Gasteiger partial charge >= 0.3 is 25.0 Å². The van der Waals surface area contributed by atoms with E-state index in [1.54, 1.807) is 6.92 Å². The average molecular weight is 547 g/mol. The maximum Gasteiger partial charge on any atom is 1.00 e. The van der Waals surface area contributed by atoms with Gasteiger partial charge in [0.1, 0.15) is 17.2 Å². The third-order valence-electron chi connectivity index (χ3n) is 6.70. The van der Waals surface area contributed by atoms with Gasteiger partial charge in [-0.15, -0.1) is 6.26 Å². The molecule has 0 atom stereocenters. The number of methoxy groups -OCH3 is 1. The van der Waals surface area contributed by atoms with Crippen LogP contribution in [0.15, 0.2) is 29.1 Å². The van der Waals surface area contributed by atoms with Crippen molar-refractivity contribution in [2.75, 3.05) is 18.6 Å². The van der Waals surface area contributed by atoms with Crippen LogP contribution in [0.3, 0.4) is 0 Å². The van der Waals surface area contributed by atoms with Crippen molar-refractivity contribution in [1.29, 1.82) is 0 Å². The summed E-state index contributed by atoms with van der Waals surface area (Å²) in [5.74, 6) is -2.14. The van der Waals surface area contributed by atoms with E-state index >= 15 is 0 Å². The van der Waals surface area contributed by atoms with E-state index in [-0.39, 0.29) is 36.6 Å². The molecule has 1 aromatic carbocycles. The number of nitrogens with zero attached hydrogens (tertiary/aromatic N) is 2. The third-order valence-corrected chi connectivity index (χ3v) is 6.70. The number of alkyl halides is 3. The monoisotopic (exact) mass is 546 g/mol. The van der Waals surface area contributed by atoms with Crippen LogP contribution in [0.25, 0.3) is 0 Å². The first-order chi connectivity index (χ1) is 18.2. The van der Waals surface area contributed by atoms with Crippen LogP contribution >= 0.6 is 0 Å². The fraction of sp³-hybridized carbons (Fsp3) is 0.655. The number of anilines is 1. The summed E-state index contributed by atoms with van der Waals surface area (Å²) in [6.07, 6.45) is 12.7. The number of hydrogen-bond donors (Lipinski definition) is 0. The molecule has 0 saturated heterocycles. The van der Waals surface area contributed by atoms with Gasteiger partial charge in [0, 0.05) is 6.07 Å². The molecule has 1 aliphatic heterocycles. The van der Waals surface area contributed by atoms with Crippen LogP contribution < -0.4 is 38.3 Å². The van der Waals surface area contributed by atoms with Crippen LogP contribution in [0.2, 0.25) is 0 Å². The number of benzene rings is 1. The van der Waals surface area contributed by atoms with Crippen molar-refractivity contribution in [2.24, 2.45) is 4.99 Å². The Balaban J connectivity index is 0.00000760. The second kappa shape index (κ2) is 18.3. The number of aryl methyl sites for hydroxylation is 1. The first-order valence-electron chi connectivity index (χ1n) is 13.9. The van der Waals surface area contributed by atoms with Crippen LogP contribution in [-0.2, 0) is 4.79 Å². The fourth-order valence-electron chi connectivity index (χ4n) is 4.54. The molecule has 2 rings (SSSR count). The first kappa shape index (κ1) is 34.9. The zero-order chi connectivity index (χ0) is 28.0. The largest absolute Gasteiger partial charge is 1.00 e. The Morgan fingerprint density at radius 1 is 0.897 bits per heavy atom. The molecule has 0 N–H and O–H groups in total. The second-order valence-electron chi connectivity index (χ2n) is 9.81. The van der Waals surface area contributed by atoms with Crippen molar-refractivity contribution in [3.63, 3.8) is 0 Å². The van der Waals surface area contributed by atoms with Gasteiger partial charge in [0.25, 0.3) is 5.91 Å². The summed E-state index contributed by atoms with van der Waals surface area (Å²) in [4.78, 5) is 16.0. The molecule has 214 valence electrons. The van der Waals surface area contributed by atoms with Gasteiger partial charge in [-0.3, -0.25) is 9.69 Å². The number of amides is 1. The molecule has 0 bridgehead atoms. The first-order valence-corrected chi connectivity index (χ1v) is 13.9. The molecule has 0 aliphatic carbocycles. The summed E-state index contributed by atoms with van der Waals surface area (Å²) in [6, 6.07) is 2.85. The van der Waals surface area contributed by atoms with E-state index in [0.717, 1.165) is 19.3 Å². The Labute approximate surface area is 243 Å². The summed E-state index contributed by atoms with van der Waals surface area (Å²) in [5, 5.41) is 11.1. The molecule has 1 amide bonds. The van der Waals surface area contributed by atoms with Crippen LogP contribution in [0.1, 0.15) is 102 Å². The van der Waals surface area contributed by atoms with Gasteiger partial charge in [-0.25, -0.2) is 4.99 Å². The van der Waals surface area contributed by atoms with Gasteiger partial charge < -0.3 is 14.6 Å². The minimum Gasteiger partial charge on any atom is -0.876 e. The van der Waals surface area contributed by atoms with E-state index in [2.05, 4.69) is 11.9 Å². The van der Waals surface area contributed by atoms with Gasteiger partial charge in [0.05, 0.1) is 19.4 Å². The maximum atomic E-state index is 13.5. The normalized spacial score (nSPS) is 14.5. The average Bonchev–Trinajstić information content (AvgIpc) is 3.23.